The van der Waals surface area contributed by atoms with E-state index in [1.54, 1.807) is 6.07 Å². The molecular weight excluding hydrogens is 389 g/mol. The van der Waals surface area contributed by atoms with Crippen LogP contribution in [-0.4, -0.2) is 22.8 Å². The molecule has 0 fully saturated rings. The SMILES string of the molecule is N#C/C(=N\Nc1ccc(C(C#N)c2ccc(F)cc2)c(Cl)c1)C(=O)NC(=O)O. The minimum Gasteiger partial charge on any atom is -0.465 e. The standard InChI is InChI=1S/C18H11ClFN5O3/c19-15-7-12(24-25-16(9-22)17(26)23-18(27)28)5-6-13(15)14(8-21)10-1-3-11(20)4-2-10/h1-7,14,24H,(H,23,26)(H,27,28)/b25-16+. The molecule has 28 heavy (non-hydrogen) atoms. The summed E-state index contributed by atoms with van der Waals surface area (Å²) in [6.45, 7) is 0. The fraction of sp³-hybridized carbons (Fsp3) is 0.0556. The van der Waals surface area contributed by atoms with Crippen LogP contribution in [-0.2, 0) is 4.79 Å². The van der Waals surface area contributed by atoms with E-state index in [1.165, 1.54) is 47.8 Å². The first-order valence-corrected chi connectivity index (χ1v) is 7.96. The van der Waals surface area contributed by atoms with Crippen LogP contribution in [0.1, 0.15) is 17.0 Å². The Morgan fingerprint density at radius 3 is 2.39 bits per heavy atom. The first-order chi connectivity index (χ1) is 13.3. The third-order valence-electron chi connectivity index (χ3n) is 3.48. The maximum Gasteiger partial charge on any atom is 0.411 e. The Balaban J connectivity index is 2.24. The number of nitrogens with one attached hydrogen (secondary N) is 2. The van der Waals surface area contributed by atoms with Crippen LogP contribution in [0, 0.1) is 28.5 Å². The van der Waals surface area contributed by atoms with Crippen molar-refractivity contribution in [2.45, 2.75) is 5.92 Å². The Hall–Kier alpha value is -3.95. The lowest BCUT2D eigenvalue weighted by atomic mass is 9.92. The minimum atomic E-state index is -1.62. The topological polar surface area (TPSA) is 138 Å². The molecule has 0 saturated carbocycles. The second-order valence-corrected chi connectivity index (χ2v) is 5.70. The van der Waals surface area contributed by atoms with Crippen molar-refractivity contribution < 1.29 is 19.1 Å². The molecule has 0 aliphatic carbocycles. The number of amides is 2. The number of hydrogen-bond donors (Lipinski definition) is 3. The first kappa shape index (κ1) is 20.4. The van der Waals surface area contributed by atoms with E-state index in [4.69, 9.17) is 22.0 Å². The van der Waals surface area contributed by atoms with Crippen LogP contribution in [0.3, 0.4) is 0 Å². The van der Waals surface area contributed by atoms with Gasteiger partial charge in [0.1, 0.15) is 11.9 Å². The normalized spacial score (nSPS) is 11.6. The molecule has 2 aromatic carbocycles. The third-order valence-corrected chi connectivity index (χ3v) is 3.81. The Morgan fingerprint density at radius 2 is 1.86 bits per heavy atom. The molecule has 0 aliphatic rings. The van der Waals surface area contributed by atoms with Gasteiger partial charge in [-0.15, -0.1) is 0 Å². The third kappa shape index (κ3) is 5.04. The summed E-state index contributed by atoms with van der Waals surface area (Å²) in [5, 5.41) is 32.0. The van der Waals surface area contributed by atoms with Gasteiger partial charge in [0.25, 0.3) is 5.91 Å². The van der Waals surface area contributed by atoms with Crippen LogP contribution in [0.25, 0.3) is 0 Å². The van der Waals surface area contributed by atoms with Crippen molar-refractivity contribution in [3.8, 4) is 12.1 Å². The van der Waals surface area contributed by atoms with Gasteiger partial charge in [0, 0.05) is 5.02 Å². The number of nitriles is 2. The number of nitrogens with zero attached hydrogens (tertiary/aromatic N) is 3. The van der Waals surface area contributed by atoms with E-state index >= 15 is 0 Å². The summed E-state index contributed by atoms with van der Waals surface area (Å²) in [7, 11) is 0. The highest BCUT2D eigenvalue weighted by Crippen LogP contribution is 2.32. The zero-order valence-electron chi connectivity index (χ0n) is 14.0. The van der Waals surface area contributed by atoms with Gasteiger partial charge >= 0.3 is 6.09 Å². The number of hydrogen-bond acceptors (Lipinski definition) is 6. The average Bonchev–Trinajstić information content (AvgIpc) is 2.65. The van der Waals surface area contributed by atoms with Crippen molar-refractivity contribution in [3.05, 3.63) is 64.4 Å². The predicted octanol–water partition coefficient (Wildman–Crippen LogP) is 3.22. The van der Waals surface area contributed by atoms with Gasteiger partial charge < -0.3 is 5.11 Å². The van der Waals surface area contributed by atoms with Crippen molar-refractivity contribution in [1.82, 2.24) is 5.32 Å². The lowest BCUT2D eigenvalue weighted by Gasteiger charge is -2.13. The molecule has 0 aromatic heterocycles. The molecule has 10 heteroatoms. The molecule has 2 aromatic rings. The van der Waals surface area contributed by atoms with Gasteiger partial charge in [-0.1, -0.05) is 29.8 Å². The zero-order valence-corrected chi connectivity index (χ0v) is 14.7. The lowest BCUT2D eigenvalue weighted by Crippen LogP contribution is -2.34. The number of halogens is 2. The molecule has 3 N–H and O–H groups in total. The van der Waals surface area contributed by atoms with Crippen LogP contribution >= 0.6 is 11.6 Å². The summed E-state index contributed by atoms with van der Waals surface area (Å²) in [6, 6.07) is 13.5. The number of imide groups is 1. The molecule has 140 valence electrons. The van der Waals surface area contributed by atoms with Gasteiger partial charge in [0.05, 0.1) is 17.7 Å². The molecule has 0 spiro atoms. The molecule has 0 heterocycles. The monoisotopic (exact) mass is 399 g/mol. The van der Waals surface area contributed by atoms with Crippen molar-refractivity contribution in [2.75, 3.05) is 5.43 Å². The van der Waals surface area contributed by atoms with E-state index in [-0.39, 0.29) is 5.02 Å². The lowest BCUT2D eigenvalue weighted by molar-refractivity contribution is -0.114. The minimum absolute atomic E-state index is 0.199. The molecular formula is C18H11ClFN5O3. The Labute approximate surface area is 163 Å². The molecule has 1 atom stereocenters. The van der Waals surface area contributed by atoms with E-state index in [1.807, 2.05) is 0 Å². The fourth-order valence-corrected chi connectivity index (χ4v) is 2.50. The first-order valence-electron chi connectivity index (χ1n) is 7.58. The quantitative estimate of drug-likeness (QED) is 0.521. The summed E-state index contributed by atoms with van der Waals surface area (Å²) in [4.78, 5) is 21.9. The average molecular weight is 400 g/mol. The Morgan fingerprint density at radius 1 is 1.18 bits per heavy atom. The molecule has 0 bridgehead atoms. The zero-order chi connectivity index (χ0) is 20.7. The molecule has 8 nitrogen and oxygen atoms in total. The number of anilines is 1. The van der Waals surface area contributed by atoms with Gasteiger partial charge in [0.15, 0.2) is 0 Å². The molecule has 0 radical (unpaired) electrons. The van der Waals surface area contributed by atoms with Crippen LogP contribution < -0.4 is 10.7 Å². The number of hydrazone groups is 1. The maximum absolute atomic E-state index is 13.1. The molecule has 1 unspecified atom stereocenters. The highest BCUT2D eigenvalue weighted by atomic mass is 35.5. The van der Waals surface area contributed by atoms with Gasteiger partial charge in [-0.2, -0.15) is 15.6 Å². The van der Waals surface area contributed by atoms with E-state index in [2.05, 4.69) is 16.6 Å². The summed E-state index contributed by atoms with van der Waals surface area (Å²) >= 11 is 6.23. The van der Waals surface area contributed by atoms with Gasteiger partial charge in [-0.05, 0) is 35.4 Å². The van der Waals surface area contributed by atoms with Crippen LogP contribution in [0.4, 0.5) is 14.9 Å². The Kier molecular flexibility index (Phi) is 6.63. The van der Waals surface area contributed by atoms with Crippen LogP contribution in [0.15, 0.2) is 47.6 Å². The van der Waals surface area contributed by atoms with E-state index in [9.17, 15) is 19.2 Å². The van der Waals surface area contributed by atoms with Crippen LogP contribution in [0.2, 0.25) is 5.02 Å². The summed E-state index contributed by atoms with van der Waals surface area (Å²) in [5.74, 6) is -2.35. The number of benzene rings is 2. The summed E-state index contributed by atoms with van der Waals surface area (Å²) < 4.78 is 13.1. The number of carboxylic acid groups (broad SMARTS) is 1. The maximum atomic E-state index is 13.1. The van der Waals surface area contributed by atoms with E-state index in [0.717, 1.165) is 0 Å². The highest BCUT2D eigenvalue weighted by molar-refractivity contribution is 6.46. The molecule has 0 saturated heterocycles. The van der Waals surface area contributed by atoms with Crippen molar-refractivity contribution in [3.63, 3.8) is 0 Å². The summed E-state index contributed by atoms with van der Waals surface area (Å²) in [5.41, 5.74) is 3.03. The van der Waals surface area contributed by atoms with Gasteiger partial charge in [0.2, 0.25) is 5.71 Å². The highest BCUT2D eigenvalue weighted by Gasteiger charge is 2.18. The predicted molar refractivity (Wildman–Crippen MR) is 98.1 cm³/mol. The molecule has 0 aliphatic heterocycles. The van der Waals surface area contributed by atoms with Crippen molar-refractivity contribution >= 4 is 35.0 Å². The Bertz CT molecular complexity index is 1020. The number of rotatable bonds is 5. The second-order valence-electron chi connectivity index (χ2n) is 5.29. The molecule has 2 rings (SSSR count). The second kappa shape index (κ2) is 9.12. The van der Waals surface area contributed by atoms with Crippen molar-refractivity contribution in [1.29, 1.82) is 10.5 Å². The molecule has 2 amide bonds. The number of carbonyl (C=O) groups excluding carboxylic acids is 1. The van der Waals surface area contributed by atoms with Gasteiger partial charge in [-0.25, -0.2) is 9.18 Å². The van der Waals surface area contributed by atoms with Gasteiger partial charge in [-0.3, -0.25) is 15.5 Å². The van der Waals surface area contributed by atoms with Crippen molar-refractivity contribution in [2.24, 2.45) is 5.10 Å². The fourth-order valence-electron chi connectivity index (χ4n) is 2.21. The summed E-state index contributed by atoms with van der Waals surface area (Å²) in [6.07, 6.45) is -1.62. The van der Waals surface area contributed by atoms with E-state index in [0.29, 0.717) is 16.8 Å². The van der Waals surface area contributed by atoms with E-state index < -0.39 is 29.4 Å². The largest absolute Gasteiger partial charge is 0.465 e. The number of carbonyl (C=O) groups is 2. The smallest absolute Gasteiger partial charge is 0.411 e. The van der Waals surface area contributed by atoms with Crippen LogP contribution in [0.5, 0.6) is 0 Å².